The fraction of sp³-hybridized carbons (Fsp3) is 0.667. The molecule has 0 aliphatic carbocycles. The van der Waals surface area contributed by atoms with Crippen molar-refractivity contribution in [1.82, 2.24) is 15.1 Å². The second kappa shape index (κ2) is 9.18. The Morgan fingerprint density at radius 1 is 1.56 bits per heavy atom. The first-order valence-electron chi connectivity index (χ1n) is 6.09. The fourth-order valence-electron chi connectivity index (χ4n) is 1.43. The van der Waals surface area contributed by atoms with Crippen molar-refractivity contribution in [2.24, 2.45) is 23.7 Å². The standard InChI is InChI=1S/C12H23N5.HI/c1-10(2)4-6-14-12(13)15-7-5-11-8-16-17(3)9-11;/h8-10H,4-7H2,1-3H3,(H3,13,14,15);1H. The minimum Gasteiger partial charge on any atom is -0.370 e. The second-order valence-electron chi connectivity index (χ2n) is 4.65. The number of aryl methyl sites for hydroxylation is 1. The first kappa shape index (κ1) is 17.2. The molecule has 1 aromatic rings. The Kier molecular flexibility index (Phi) is 8.78. The number of guanidine groups is 1. The van der Waals surface area contributed by atoms with Crippen molar-refractivity contribution >= 4 is 29.9 Å². The molecule has 104 valence electrons. The van der Waals surface area contributed by atoms with Gasteiger partial charge in [-0.15, -0.1) is 24.0 Å². The third-order valence-corrected chi connectivity index (χ3v) is 2.47. The highest BCUT2D eigenvalue weighted by molar-refractivity contribution is 14.0. The molecular formula is C12H24IN5. The number of aromatic nitrogens is 2. The maximum atomic E-state index is 5.75. The van der Waals surface area contributed by atoms with E-state index in [2.05, 4.69) is 29.3 Å². The van der Waals surface area contributed by atoms with E-state index in [0.29, 0.717) is 11.9 Å². The Balaban J connectivity index is 0.00000289. The zero-order valence-corrected chi connectivity index (χ0v) is 13.7. The molecule has 1 rings (SSSR count). The van der Waals surface area contributed by atoms with Crippen LogP contribution >= 0.6 is 24.0 Å². The molecule has 0 aliphatic rings. The lowest BCUT2D eigenvalue weighted by Gasteiger charge is -2.05. The lowest BCUT2D eigenvalue weighted by Crippen LogP contribution is -2.33. The van der Waals surface area contributed by atoms with E-state index in [1.165, 1.54) is 5.56 Å². The second-order valence-corrected chi connectivity index (χ2v) is 4.65. The molecule has 5 nitrogen and oxygen atoms in total. The number of hydrogen-bond donors (Lipinski definition) is 2. The van der Waals surface area contributed by atoms with Crippen LogP contribution in [-0.4, -0.2) is 28.8 Å². The number of hydrogen-bond acceptors (Lipinski definition) is 2. The van der Waals surface area contributed by atoms with E-state index in [0.717, 1.165) is 25.9 Å². The summed E-state index contributed by atoms with van der Waals surface area (Å²) < 4.78 is 1.80. The molecule has 18 heavy (non-hydrogen) atoms. The van der Waals surface area contributed by atoms with Crippen molar-refractivity contribution in [3.8, 4) is 0 Å². The molecule has 0 saturated heterocycles. The topological polar surface area (TPSA) is 68.2 Å². The van der Waals surface area contributed by atoms with Crippen molar-refractivity contribution in [2.75, 3.05) is 13.1 Å². The van der Waals surface area contributed by atoms with Gasteiger partial charge in [-0.05, 0) is 24.3 Å². The van der Waals surface area contributed by atoms with Gasteiger partial charge in [0.1, 0.15) is 0 Å². The lowest BCUT2D eigenvalue weighted by molar-refractivity contribution is 0.595. The molecule has 0 fully saturated rings. The summed E-state index contributed by atoms with van der Waals surface area (Å²) in [5.74, 6) is 1.21. The van der Waals surface area contributed by atoms with E-state index in [9.17, 15) is 0 Å². The number of nitrogens with zero attached hydrogens (tertiary/aromatic N) is 3. The third-order valence-electron chi connectivity index (χ3n) is 2.47. The molecule has 1 aromatic heterocycles. The average molecular weight is 365 g/mol. The molecule has 0 saturated carbocycles. The van der Waals surface area contributed by atoms with Gasteiger partial charge in [0.05, 0.1) is 6.20 Å². The number of aliphatic imine (C=N–C) groups is 1. The van der Waals surface area contributed by atoms with Crippen molar-refractivity contribution in [3.63, 3.8) is 0 Å². The summed E-state index contributed by atoms with van der Waals surface area (Å²) >= 11 is 0. The minimum absolute atomic E-state index is 0. The van der Waals surface area contributed by atoms with E-state index < -0.39 is 0 Å². The number of nitrogens with two attached hydrogens (primary N) is 1. The van der Waals surface area contributed by atoms with Crippen LogP contribution in [0.2, 0.25) is 0 Å². The zero-order chi connectivity index (χ0) is 12.7. The van der Waals surface area contributed by atoms with Gasteiger partial charge >= 0.3 is 0 Å². The molecular weight excluding hydrogens is 341 g/mol. The molecule has 0 amide bonds. The summed E-state index contributed by atoms with van der Waals surface area (Å²) in [7, 11) is 1.92. The number of halogens is 1. The lowest BCUT2D eigenvalue weighted by atomic mass is 10.1. The maximum Gasteiger partial charge on any atom is 0.188 e. The van der Waals surface area contributed by atoms with E-state index >= 15 is 0 Å². The van der Waals surface area contributed by atoms with Crippen LogP contribution in [0.4, 0.5) is 0 Å². The summed E-state index contributed by atoms with van der Waals surface area (Å²) in [5, 5.41) is 7.22. The molecule has 0 atom stereocenters. The molecule has 3 N–H and O–H groups in total. The van der Waals surface area contributed by atoms with Gasteiger partial charge in [-0.1, -0.05) is 13.8 Å². The monoisotopic (exact) mass is 365 g/mol. The third kappa shape index (κ3) is 7.52. The largest absolute Gasteiger partial charge is 0.370 e. The van der Waals surface area contributed by atoms with E-state index in [-0.39, 0.29) is 24.0 Å². The molecule has 1 heterocycles. The van der Waals surface area contributed by atoms with Gasteiger partial charge in [0.25, 0.3) is 0 Å². The van der Waals surface area contributed by atoms with E-state index in [1.54, 1.807) is 4.68 Å². The van der Waals surface area contributed by atoms with Gasteiger partial charge in [0.2, 0.25) is 0 Å². The zero-order valence-electron chi connectivity index (χ0n) is 11.4. The predicted octanol–water partition coefficient (Wildman–Crippen LogP) is 1.53. The van der Waals surface area contributed by atoms with Gasteiger partial charge in [-0.2, -0.15) is 5.10 Å². The van der Waals surface area contributed by atoms with Crippen molar-refractivity contribution < 1.29 is 0 Å². The van der Waals surface area contributed by atoms with E-state index in [4.69, 9.17) is 5.73 Å². The van der Waals surface area contributed by atoms with Gasteiger partial charge in [0, 0.05) is 26.3 Å². The fourth-order valence-corrected chi connectivity index (χ4v) is 1.43. The molecule has 0 bridgehead atoms. The van der Waals surface area contributed by atoms with Crippen LogP contribution in [0, 0.1) is 5.92 Å². The minimum atomic E-state index is 0. The molecule has 0 unspecified atom stereocenters. The first-order valence-corrected chi connectivity index (χ1v) is 6.09. The van der Waals surface area contributed by atoms with Crippen LogP contribution < -0.4 is 11.1 Å². The van der Waals surface area contributed by atoms with E-state index in [1.807, 2.05) is 19.4 Å². The first-order chi connectivity index (χ1) is 8.08. The highest BCUT2D eigenvalue weighted by Crippen LogP contribution is 1.98. The molecule has 0 aromatic carbocycles. The van der Waals surface area contributed by atoms with Crippen molar-refractivity contribution in [3.05, 3.63) is 18.0 Å². The van der Waals surface area contributed by atoms with Gasteiger partial charge in [-0.25, -0.2) is 0 Å². The Labute approximate surface area is 126 Å². The van der Waals surface area contributed by atoms with Crippen LogP contribution in [0.15, 0.2) is 17.4 Å². The van der Waals surface area contributed by atoms with Gasteiger partial charge < -0.3 is 11.1 Å². The Hall–Kier alpha value is -0.790. The van der Waals surface area contributed by atoms with Crippen molar-refractivity contribution in [1.29, 1.82) is 0 Å². The molecule has 0 radical (unpaired) electrons. The summed E-state index contributed by atoms with van der Waals surface area (Å²) in [5.41, 5.74) is 6.95. The highest BCUT2D eigenvalue weighted by Gasteiger charge is 1.97. The Bertz CT molecular complexity index is 359. The van der Waals surface area contributed by atoms with Crippen LogP contribution in [0.3, 0.4) is 0 Å². The smallest absolute Gasteiger partial charge is 0.188 e. The predicted molar refractivity (Wildman–Crippen MR) is 86.3 cm³/mol. The average Bonchev–Trinajstić information content (AvgIpc) is 2.63. The molecule has 6 heteroatoms. The van der Waals surface area contributed by atoms with Gasteiger partial charge in [-0.3, -0.25) is 9.67 Å². The number of rotatable bonds is 6. The maximum absolute atomic E-state index is 5.75. The quantitative estimate of drug-likeness (QED) is 0.457. The van der Waals surface area contributed by atoms with Crippen LogP contribution in [0.1, 0.15) is 25.8 Å². The highest BCUT2D eigenvalue weighted by atomic mass is 127. The van der Waals surface area contributed by atoms with Crippen molar-refractivity contribution in [2.45, 2.75) is 26.7 Å². The SMILES string of the molecule is CC(C)CCN=C(N)NCCc1cnn(C)c1.I. The summed E-state index contributed by atoms with van der Waals surface area (Å²) in [6.07, 6.45) is 5.86. The normalized spacial score (nSPS) is 11.4. The summed E-state index contributed by atoms with van der Waals surface area (Å²) in [4.78, 5) is 4.26. The number of nitrogens with one attached hydrogen (secondary N) is 1. The van der Waals surface area contributed by atoms with Gasteiger partial charge in [0.15, 0.2) is 5.96 Å². The Morgan fingerprint density at radius 2 is 2.28 bits per heavy atom. The van der Waals surface area contributed by atoms with Crippen LogP contribution in [0.25, 0.3) is 0 Å². The molecule has 0 aliphatic heterocycles. The Morgan fingerprint density at radius 3 is 2.83 bits per heavy atom. The molecule has 0 spiro atoms. The van der Waals surface area contributed by atoms with Crippen LogP contribution in [-0.2, 0) is 13.5 Å². The summed E-state index contributed by atoms with van der Waals surface area (Å²) in [6.45, 7) is 5.95. The van der Waals surface area contributed by atoms with Crippen LogP contribution in [0.5, 0.6) is 0 Å². The summed E-state index contributed by atoms with van der Waals surface area (Å²) in [6, 6.07) is 0.